The summed E-state index contributed by atoms with van der Waals surface area (Å²) in [4.78, 5) is 1.84. The van der Waals surface area contributed by atoms with Gasteiger partial charge in [-0.2, -0.15) is 10.5 Å². The van der Waals surface area contributed by atoms with Crippen LogP contribution in [0.15, 0.2) is 11.5 Å². The number of nitriles is 2. The van der Waals surface area contributed by atoms with Crippen molar-refractivity contribution in [2.24, 2.45) is 0 Å². The molecule has 0 N–H and O–H groups in total. The van der Waals surface area contributed by atoms with E-state index in [4.69, 9.17) is 20.0 Å². The Kier molecular flexibility index (Phi) is 3.78. The maximum atomic E-state index is 8.69. The molecule has 0 unspecified atom stereocenters. The zero-order valence-corrected chi connectivity index (χ0v) is 7.99. The third kappa shape index (κ3) is 2.15. The monoisotopic (exact) mass is 193 g/mol. The van der Waals surface area contributed by atoms with Gasteiger partial charge >= 0.3 is 0 Å². The molecule has 1 rings (SSSR count). The van der Waals surface area contributed by atoms with Crippen molar-refractivity contribution in [1.29, 1.82) is 10.5 Å². The number of methoxy groups -OCH3 is 1. The van der Waals surface area contributed by atoms with E-state index in [1.54, 1.807) is 0 Å². The van der Waals surface area contributed by atoms with Crippen LogP contribution < -0.4 is 0 Å². The van der Waals surface area contributed by atoms with E-state index < -0.39 is 0 Å². The van der Waals surface area contributed by atoms with Crippen molar-refractivity contribution >= 4 is 0 Å². The van der Waals surface area contributed by atoms with Crippen LogP contribution in [0.5, 0.6) is 0 Å². The first-order valence-electron chi connectivity index (χ1n) is 4.24. The molecule has 0 radical (unpaired) electrons. The first kappa shape index (κ1) is 10.4. The molecular formula is C9H11N3O2. The smallest absolute Gasteiger partial charge is 0.218 e. The minimum absolute atomic E-state index is 0.00870. The number of hydrogen-bond donors (Lipinski definition) is 0. The second-order valence-electron chi connectivity index (χ2n) is 2.71. The fraction of sp³-hybridized carbons (Fsp3) is 0.556. The van der Waals surface area contributed by atoms with Crippen LogP contribution in [0.25, 0.3) is 0 Å². The molecule has 0 amide bonds. The Hall–Kier alpha value is -1.72. The lowest BCUT2D eigenvalue weighted by Gasteiger charge is -2.29. The van der Waals surface area contributed by atoms with Gasteiger partial charge in [0.1, 0.15) is 12.1 Å². The van der Waals surface area contributed by atoms with E-state index in [0.717, 1.165) is 0 Å². The standard InChI is InChI=1S/C9H11N3O2/c1-13-9(8(6-10)7-11)12-2-4-14-5-3-12/h2-5H2,1H3. The SMILES string of the molecule is COC(=C(C#N)C#N)N1CCOCC1. The van der Waals surface area contributed by atoms with Crippen LogP contribution in [0.3, 0.4) is 0 Å². The molecule has 1 saturated heterocycles. The second-order valence-corrected chi connectivity index (χ2v) is 2.71. The van der Waals surface area contributed by atoms with Gasteiger partial charge in [-0.25, -0.2) is 0 Å². The van der Waals surface area contributed by atoms with E-state index in [9.17, 15) is 0 Å². The maximum Gasteiger partial charge on any atom is 0.218 e. The number of hydrogen-bond acceptors (Lipinski definition) is 5. The number of allylic oxidation sites excluding steroid dienone is 1. The van der Waals surface area contributed by atoms with Crippen molar-refractivity contribution in [3.63, 3.8) is 0 Å². The van der Waals surface area contributed by atoms with Crippen molar-refractivity contribution in [2.45, 2.75) is 0 Å². The van der Waals surface area contributed by atoms with Crippen molar-refractivity contribution in [1.82, 2.24) is 4.90 Å². The summed E-state index contributed by atoms with van der Waals surface area (Å²) in [5, 5.41) is 17.4. The zero-order chi connectivity index (χ0) is 10.4. The first-order valence-corrected chi connectivity index (χ1v) is 4.24. The number of nitrogens with zero attached hydrogens (tertiary/aromatic N) is 3. The zero-order valence-electron chi connectivity index (χ0n) is 7.99. The Bertz CT molecular complexity index is 289. The predicted molar refractivity (Wildman–Crippen MR) is 47.7 cm³/mol. The Morgan fingerprint density at radius 1 is 1.29 bits per heavy atom. The van der Waals surface area contributed by atoms with Gasteiger partial charge in [-0.1, -0.05) is 0 Å². The molecule has 5 heteroatoms. The summed E-state index contributed by atoms with van der Waals surface area (Å²) in [6, 6.07) is 3.62. The van der Waals surface area contributed by atoms with Gasteiger partial charge in [0, 0.05) is 13.1 Å². The highest BCUT2D eigenvalue weighted by Crippen LogP contribution is 2.12. The summed E-state index contributed by atoms with van der Waals surface area (Å²) >= 11 is 0. The summed E-state index contributed by atoms with van der Waals surface area (Å²) in [5.41, 5.74) is 0.00870. The first-order chi connectivity index (χ1) is 6.83. The third-order valence-electron chi connectivity index (χ3n) is 1.93. The fourth-order valence-electron chi connectivity index (χ4n) is 1.28. The van der Waals surface area contributed by atoms with Gasteiger partial charge < -0.3 is 14.4 Å². The molecule has 1 fully saturated rings. The highest BCUT2D eigenvalue weighted by atomic mass is 16.5. The summed E-state index contributed by atoms with van der Waals surface area (Å²) in [7, 11) is 1.46. The molecule has 5 nitrogen and oxygen atoms in total. The normalized spacial score (nSPS) is 15.2. The van der Waals surface area contributed by atoms with Gasteiger partial charge in [0.25, 0.3) is 0 Å². The Morgan fingerprint density at radius 3 is 2.29 bits per heavy atom. The van der Waals surface area contributed by atoms with Gasteiger partial charge in [-0.3, -0.25) is 0 Å². The summed E-state index contributed by atoms with van der Waals surface area (Å²) in [6.45, 7) is 2.49. The molecule has 0 aromatic rings. The Labute approximate surface area is 82.7 Å². The molecule has 1 heterocycles. The van der Waals surface area contributed by atoms with Crippen molar-refractivity contribution < 1.29 is 9.47 Å². The topological polar surface area (TPSA) is 69.3 Å². The molecule has 0 saturated carbocycles. The van der Waals surface area contributed by atoms with Crippen LogP contribution in [0.2, 0.25) is 0 Å². The minimum atomic E-state index is 0.00870. The van der Waals surface area contributed by atoms with Crippen molar-refractivity contribution in [3.05, 3.63) is 11.5 Å². The average Bonchev–Trinajstić information content (AvgIpc) is 2.27. The number of ether oxygens (including phenoxy) is 2. The van der Waals surface area contributed by atoms with Crippen LogP contribution in [0.1, 0.15) is 0 Å². The van der Waals surface area contributed by atoms with Crippen LogP contribution in [-0.2, 0) is 9.47 Å². The summed E-state index contributed by atoms with van der Waals surface area (Å²) in [6.07, 6.45) is 0. The Morgan fingerprint density at radius 2 is 1.86 bits per heavy atom. The number of morpholine rings is 1. The molecule has 1 aliphatic heterocycles. The van der Waals surface area contributed by atoms with E-state index >= 15 is 0 Å². The van der Waals surface area contributed by atoms with Crippen LogP contribution in [0.4, 0.5) is 0 Å². The third-order valence-corrected chi connectivity index (χ3v) is 1.93. The predicted octanol–water partition coefficient (Wildman–Crippen LogP) is 0.224. The molecule has 0 aliphatic carbocycles. The molecule has 0 aromatic heterocycles. The van der Waals surface area contributed by atoms with Crippen LogP contribution in [0, 0.1) is 22.7 Å². The van der Waals surface area contributed by atoms with Gasteiger partial charge in [-0.15, -0.1) is 0 Å². The minimum Gasteiger partial charge on any atom is -0.481 e. The molecule has 0 spiro atoms. The van der Waals surface area contributed by atoms with Crippen molar-refractivity contribution in [3.8, 4) is 12.1 Å². The van der Waals surface area contributed by atoms with E-state index in [0.29, 0.717) is 32.2 Å². The average molecular weight is 193 g/mol. The van der Waals surface area contributed by atoms with E-state index in [-0.39, 0.29) is 5.57 Å². The lowest BCUT2D eigenvalue weighted by Crippen LogP contribution is -2.36. The van der Waals surface area contributed by atoms with Crippen LogP contribution >= 0.6 is 0 Å². The molecular weight excluding hydrogens is 182 g/mol. The van der Waals surface area contributed by atoms with Gasteiger partial charge in [0.15, 0.2) is 5.57 Å². The van der Waals surface area contributed by atoms with E-state index in [1.807, 2.05) is 17.0 Å². The molecule has 0 atom stereocenters. The fourth-order valence-corrected chi connectivity index (χ4v) is 1.28. The largest absolute Gasteiger partial charge is 0.481 e. The molecule has 74 valence electrons. The lowest BCUT2D eigenvalue weighted by atomic mass is 10.3. The quantitative estimate of drug-likeness (QED) is 0.463. The second kappa shape index (κ2) is 5.11. The molecule has 14 heavy (non-hydrogen) atoms. The highest BCUT2D eigenvalue weighted by Gasteiger charge is 2.18. The molecule has 0 bridgehead atoms. The highest BCUT2D eigenvalue weighted by molar-refractivity contribution is 5.37. The molecule has 0 aromatic carbocycles. The van der Waals surface area contributed by atoms with E-state index in [1.165, 1.54) is 7.11 Å². The number of rotatable bonds is 2. The van der Waals surface area contributed by atoms with Crippen LogP contribution in [-0.4, -0.2) is 38.3 Å². The van der Waals surface area contributed by atoms with Gasteiger partial charge in [0.2, 0.25) is 5.88 Å². The summed E-state index contributed by atoms with van der Waals surface area (Å²) in [5.74, 6) is 0.346. The Balaban J connectivity index is 2.85. The van der Waals surface area contributed by atoms with Crippen molar-refractivity contribution in [2.75, 3.05) is 33.4 Å². The summed E-state index contributed by atoms with van der Waals surface area (Å²) < 4.78 is 10.2. The molecule has 1 aliphatic rings. The maximum absolute atomic E-state index is 8.69. The van der Waals surface area contributed by atoms with E-state index in [2.05, 4.69) is 0 Å². The van der Waals surface area contributed by atoms with Gasteiger partial charge in [0.05, 0.1) is 20.3 Å². The lowest BCUT2D eigenvalue weighted by molar-refractivity contribution is 0.0229. The van der Waals surface area contributed by atoms with Gasteiger partial charge in [-0.05, 0) is 0 Å².